The summed E-state index contributed by atoms with van der Waals surface area (Å²) in [6.45, 7) is 4.54. The summed E-state index contributed by atoms with van der Waals surface area (Å²) < 4.78 is 0. The predicted molar refractivity (Wildman–Crippen MR) is 81.8 cm³/mol. The Bertz CT molecular complexity index is 399. The molecule has 2 aromatic rings. The lowest BCUT2D eigenvalue weighted by Crippen LogP contribution is -2.10. The van der Waals surface area contributed by atoms with Crippen LogP contribution >= 0.6 is 18.5 Å². The zero-order valence-corrected chi connectivity index (χ0v) is 11.9. The van der Waals surface area contributed by atoms with Crippen LogP contribution in [-0.4, -0.2) is 5.25 Å². The van der Waals surface area contributed by atoms with Crippen LogP contribution in [0.2, 0.25) is 0 Å². The van der Waals surface area contributed by atoms with Gasteiger partial charge < -0.3 is 0 Å². The zero-order chi connectivity index (χ0) is 12.1. The van der Waals surface area contributed by atoms with Crippen LogP contribution in [0.5, 0.6) is 0 Å². The molecule has 2 aromatic carbocycles. The van der Waals surface area contributed by atoms with E-state index in [1.54, 1.807) is 0 Å². The molecule has 0 amide bonds. The molecule has 0 atom stereocenters. The minimum absolute atomic E-state index is 0.274. The summed E-state index contributed by atoms with van der Waals surface area (Å²) in [6.07, 6.45) is 0. The van der Waals surface area contributed by atoms with E-state index < -0.39 is 0 Å². The molecule has 0 nitrogen and oxygen atoms in total. The summed E-state index contributed by atoms with van der Waals surface area (Å²) in [4.78, 5) is 0. The van der Waals surface area contributed by atoms with E-state index in [9.17, 15) is 0 Å². The van der Waals surface area contributed by atoms with Gasteiger partial charge in [-0.2, -0.15) is 0 Å². The SMILES string of the molecule is CC(C)SP(c1ccccc1)c1ccccc1. The molecule has 0 N–H and O–H groups in total. The van der Waals surface area contributed by atoms with Gasteiger partial charge in [0.2, 0.25) is 0 Å². The van der Waals surface area contributed by atoms with Gasteiger partial charge in [-0.05, 0) is 10.6 Å². The van der Waals surface area contributed by atoms with Gasteiger partial charge in [0, 0.05) is 12.4 Å². The minimum atomic E-state index is -0.274. The standard InChI is InChI=1S/C15H17PS/c1-13(2)17-16(14-9-5-3-6-10-14)15-11-7-4-8-12-15/h3-13H,1-2H3. The van der Waals surface area contributed by atoms with E-state index in [0.717, 1.165) is 0 Å². The van der Waals surface area contributed by atoms with E-state index in [1.165, 1.54) is 10.6 Å². The maximum absolute atomic E-state index is 2.27. The second-order valence-electron chi connectivity index (χ2n) is 4.12. The summed E-state index contributed by atoms with van der Waals surface area (Å²) in [7, 11) is -0.274. The Balaban J connectivity index is 2.32. The highest BCUT2D eigenvalue weighted by Gasteiger charge is 2.15. The Hall–Kier alpha value is -0.780. The van der Waals surface area contributed by atoms with Crippen molar-refractivity contribution in [2.75, 3.05) is 0 Å². The molecule has 0 heterocycles. The quantitative estimate of drug-likeness (QED) is 0.743. The molecular formula is C15H17PS. The first kappa shape index (κ1) is 12.7. The molecule has 0 saturated heterocycles. The third-order valence-corrected chi connectivity index (χ3v) is 7.63. The lowest BCUT2D eigenvalue weighted by atomic mass is 10.4. The summed E-state index contributed by atoms with van der Waals surface area (Å²) in [5.41, 5.74) is 0. The largest absolute Gasteiger partial charge is 0.122 e. The lowest BCUT2D eigenvalue weighted by Gasteiger charge is -2.19. The Kier molecular flexibility index (Phi) is 4.65. The molecule has 0 aliphatic heterocycles. The van der Waals surface area contributed by atoms with E-state index in [0.29, 0.717) is 5.25 Å². The van der Waals surface area contributed by atoms with Crippen molar-refractivity contribution in [3.05, 3.63) is 60.7 Å². The first-order chi connectivity index (χ1) is 8.27. The van der Waals surface area contributed by atoms with Crippen LogP contribution in [0, 0.1) is 0 Å². The van der Waals surface area contributed by atoms with E-state index in [2.05, 4.69) is 85.9 Å². The molecule has 2 rings (SSSR count). The van der Waals surface area contributed by atoms with Gasteiger partial charge >= 0.3 is 0 Å². The smallest absolute Gasteiger partial charge is 0.0155 e. The maximum Gasteiger partial charge on any atom is 0.0155 e. The molecule has 0 spiro atoms. The predicted octanol–water partition coefficient (Wildman–Crippen LogP) is 4.18. The molecule has 0 saturated carbocycles. The van der Waals surface area contributed by atoms with Crippen molar-refractivity contribution < 1.29 is 0 Å². The summed E-state index contributed by atoms with van der Waals surface area (Å²) in [5.74, 6) is 0. The fourth-order valence-corrected chi connectivity index (χ4v) is 6.18. The molecule has 17 heavy (non-hydrogen) atoms. The summed E-state index contributed by atoms with van der Waals surface area (Å²) >= 11 is 2.07. The van der Waals surface area contributed by atoms with Gasteiger partial charge in [0.15, 0.2) is 0 Å². The second-order valence-corrected chi connectivity index (χ2v) is 8.62. The summed E-state index contributed by atoms with van der Waals surface area (Å²) in [5, 5.41) is 3.56. The van der Waals surface area contributed by atoms with Crippen LogP contribution in [0.3, 0.4) is 0 Å². The third kappa shape index (κ3) is 3.59. The molecule has 0 aliphatic carbocycles. The Morgan fingerprint density at radius 2 is 1.18 bits per heavy atom. The number of rotatable bonds is 4. The fourth-order valence-electron chi connectivity index (χ4n) is 1.61. The van der Waals surface area contributed by atoms with Gasteiger partial charge in [-0.3, -0.25) is 0 Å². The average Bonchev–Trinajstić information content (AvgIpc) is 2.38. The van der Waals surface area contributed by atoms with E-state index in [4.69, 9.17) is 0 Å². The van der Waals surface area contributed by atoms with Gasteiger partial charge in [-0.25, -0.2) is 0 Å². The monoisotopic (exact) mass is 260 g/mol. The zero-order valence-electron chi connectivity index (χ0n) is 10.2. The van der Waals surface area contributed by atoms with E-state index in [1.807, 2.05) is 0 Å². The molecule has 0 aliphatic rings. The lowest BCUT2D eigenvalue weighted by molar-refractivity contribution is 1.12. The van der Waals surface area contributed by atoms with Crippen molar-refractivity contribution in [2.45, 2.75) is 19.1 Å². The third-order valence-electron chi connectivity index (χ3n) is 2.30. The number of hydrogen-bond donors (Lipinski definition) is 0. The highest BCUT2D eigenvalue weighted by Crippen LogP contribution is 2.49. The highest BCUT2D eigenvalue weighted by atomic mass is 32.7. The van der Waals surface area contributed by atoms with E-state index >= 15 is 0 Å². The van der Waals surface area contributed by atoms with Gasteiger partial charge in [0.05, 0.1) is 0 Å². The van der Waals surface area contributed by atoms with Crippen molar-refractivity contribution in [3.63, 3.8) is 0 Å². The Morgan fingerprint density at radius 3 is 1.53 bits per heavy atom. The molecule has 0 fully saturated rings. The highest BCUT2D eigenvalue weighted by molar-refractivity contribution is 8.60. The minimum Gasteiger partial charge on any atom is -0.122 e. The Labute approximate surface area is 109 Å². The van der Waals surface area contributed by atoms with Crippen LogP contribution < -0.4 is 10.6 Å². The van der Waals surface area contributed by atoms with Crippen LogP contribution in [0.25, 0.3) is 0 Å². The first-order valence-corrected chi connectivity index (χ1v) is 8.67. The fraction of sp³-hybridized carbons (Fsp3) is 0.200. The van der Waals surface area contributed by atoms with Crippen LogP contribution in [-0.2, 0) is 0 Å². The molecule has 88 valence electrons. The molecule has 0 radical (unpaired) electrons. The van der Waals surface area contributed by atoms with Gasteiger partial charge in [-0.1, -0.05) is 74.5 Å². The van der Waals surface area contributed by atoms with Gasteiger partial charge in [0.25, 0.3) is 0 Å². The van der Waals surface area contributed by atoms with Gasteiger partial charge in [0.1, 0.15) is 0 Å². The molecule has 0 aromatic heterocycles. The normalized spacial score (nSPS) is 11.1. The van der Waals surface area contributed by atoms with Crippen molar-refractivity contribution in [2.24, 2.45) is 0 Å². The second kappa shape index (κ2) is 6.23. The van der Waals surface area contributed by atoms with Crippen LogP contribution in [0.15, 0.2) is 60.7 Å². The van der Waals surface area contributed by atoms with E-state index in [-0.39, 0.29) is 7.12 Å². The average molecular weight is 260 g/mol. The number of benzene rings is 2. The van der Waals surface area contributed by atoms with Crippen LogP contribution in [0.4, 0.5) is 0 Å². The molecule has 2 heteroatoms. The van der Waals surface area contributed by atoms with Crippen molar-refractivity contribution >= 4 is 29.1 Å². The molecular weight excluding hydrogens is 243 g/mol. The van der Waals surface area contributed by atoms with Crippen LogP contribution in [0.1, 0.15) is 13.8 Å². The molecule has 0 unspecified atom stereocenters. The van der Waals surface area contributed by atoms with Crippen molar-refractivity contribution in [3.8, 4) is 0 Å². The molecule has 0 bridgehead atoms. The first-order valence-electron chi connectivity index (χ1n) is 5.84. The summed E-state index contributed by atoms with van der Waals surface area (Å²) in [6, 6.07) is 21.7. The number of hydrogen-bond acceptors (Lipinski definition) is 1. The maximum atomic E-state index is 2.27. The topological polar surface area (TPSA) is 0 Å². The van der Waals surface area contributed by atoms with Gasteiger partial charge in [-0.15, -0.1) is 11.4 Å². The van der Waals surface area contributed by atoms with Crippen molar-refractivity contribution in [1.82, 2.24) is 0 Å². The Morgan fingerprint density at radius 1 is 0.765 bits per heavy atom. The van der Waals surface area contributed by atoms with Crippen molar-refractivity contribution in [1.29, 1.82) is 0 Å².